The molecule has 13 heavy (non-hydrogen) atoms. The van der Waals surface area contributed by atoms with Crippen molar-refractivity contribution >= 4 is 0 Å². The number of aromatic amines is 1. The number of hydrogen-bond acceptors (Lipinski definition) is 2. The highest BCUT2D eigenvalue weighted by Crippen LogP contribution is 2.17. The van der Waals surface area contributed by atoms with Crippen LogP contribution < -0.4 is 0 Å². The van der Waals surface area contributed by atoms with Gasteiger partial charge in [-0.1, -0.05) is 6.08 Å². The Kier molecular flexibility index (Phi) is 2.19. The average Bonchev–Trinajstić information content (AvgIpc) is 2.63. The summed E-state index contributed by atoms with van der Waals surface area (Å²) in [4.78, 5) is 2.40. The molecular formula is C10H15N3. The fourth-order valence-electron chi connectivity index (χ4n) is 1.73. The maximum absolute atomic E-state index is 4.05. The molecule has 1 atom stereocenters. The minimum Gasteiger partial charge on any atom is -0.291 e. The van der Waals surface area contributed by atoms with Crippen molar-refractivity contribution in [3.8, 4) is 0 Å². The van der Waals surface area contributed by atoms with Crippen molar-refractivity contribution in [1.82, 2.24) is 15.1 Å². The zero-order chi connectivity index (χ0) is 9.26. The van der Waals surface area contributed by atoms with Gasteiger partial charge >= 0.3 is 0 Å². The van der Waals surface area contributed by atoms with Crippen molar-refractivity contribution in [1.29, 1.82) is 0 Å². The Morgan fingerprint density at radius 3 is 3.38 bits per heavy atom. The van der Waals surface area contributed by atoms with Crippen LogP contribution in [0.5, 0.6) is 0 Å². The van der Waals surface area contributed by atoms with E-state index < -0.39 is 0 Å². The summed E-state index contributed by atoms with van der Waals surface area (Å²) in [5, 5.41) is 7.09. The average molecular weight is 177 g/mol. The molecule has 0 spiro atoms. The Bertz CT molecular complexity index is 303. The summed E-state index contributed by atoms with van der Waals surface area (Å²) in [7, 11) is 0. The summed E-state index contributed by atoms with van der Waals surface area (Å²) in [6.45, 7) is 8.07. The second-order valence-corrected chi connectivity index (χ2v) is 3.57. The van der Waals surface area contributed by atoms with E-state index in [9.17, 15) is 0 Å². The molecule has 0 saturated carbocycles. The lowest BCUT2D eigenvalue weighted by atomic mass is 10.1. The monoisotopic (exact) mass is 177 g/mol. The van der Waals surface area contributed by atoms with Gasteiger partial charge in [0, 0.05) is 19.1 Å². The van der Waals surface area contributed by atoms with Gasteiger partial charge in [-0.25, -0.2) is 0 Å². The normalized spacial score (nSPS) is 19.5. The first-order valence-electron chi connectivity index (χ1n) is 4.69. The zero-order valence-corrected chi connectivity index (χ0v) is 7.95. The molecule has 3 heteroatoms. The van der Waals surface area contributed by atoms with Crippen molar-refractivity contribution in [2.45, 2.75) is 25.9 Å². The molecular weight excluding hydrogens is 162 g/mol. The van der Waals surface area contributed by atoms with Gasteiger partial charge in [-0.15, -0.1) is 6.58 Å². The Labute approximate surface area is 78.4 Å². The SMILES string of the molecule is C=CC(C)N1CCc2cn[nH]c2C1. The molecule has 1 N–H and O–H groups in total. The Morgan fingerprint density at radius 1 is 1.77 bits per heavy atom. The summed E-state index contributed by atoms with van der Waals surface area (Å²) in [6.07, 6.45) is 5.02. The third kappa shape index (κ3) is 1.52. The van der Waals surface area contributed by atoms with Gasteiger partial charge in [-0.3, -0.25) is 10.00 Å². The van der Waals surface area contributed by atoms with Crippen LogP contribution in [-0.2, 0) is 13.0 Å². The van der Waals surface area contributed by atoms with Gasteiger partial charge in [-0.2, -0.15) is 5.10 Å². The lowest BCUT2D eigenvalue weighted by molar-refractivity contribution is 0.219. The van der Waals surface area contributed by atoms with Gasteiger partial charge in [0.25, 0.3) is 0 Å². The first-order valence-corrected chi connectivity index (χ1v) is 4.69. The molecule has 1 aromatic rings. The molecule has 2 rings (SSSR count). The summed E-state index contributed by atoms with van der Waals surface area (Å²) in [5.74, 6) is 0. The molecule has 1 aliphatic rings. The van der Waals surface area contributed by atoms with Crippen molar-refractivity contribution in [2.75, 3.05) is 6.54 Å². The van der Waals surface area contributed by atoms with Crippen LogP contribution in [-0.4, -0.2) is 27.7 Å². The molecule has 0 aliphatic carbocycles. The fraction of sp³-hybridized carbons (Fsp3) is 0.500. The van der Waals surface area contributed by atoms with Crippen LogP contribution in [0, 0.1) is 0 Å². The van der Waals surface area contributed by atoms with Crippen LogP contribution in [0.3, 0.4) is 0 Å². The molecule has 0 radical (unpaired) electrons. The maximum atomic E-state index is 4.05. The number of hydrogen-bond donors (Lipinski definition) is 1. The van der Waals surface area contributed by atoms with Gasteiger partial charge in [0.15, 0.2) is 0 Å². The van der Waals surface area contributed by atoms with E-state index in [0.717, 1.165) is 19.5 Å². The Morgan fingerprint density at radius 2 is 2.62 bits per heavy atom. The number of nitrogens with one attached hydrogen (secondary N) is 1. The van der Waals surface area contributed by atoms with Crippen molar-refractivity contribution in [3.05, 3.63) is 30.1 Å². The number of rotatable bonds is 2. The molecule has 2 heterocycles. The lowest BCUT2D eigenvalue weighted by Crippen LogP contribution is -2.36. The molecule has 1 aliphatic heterocycles. The highest BCUT2D eigenvalue weighted by molar-refractivity contribution is 5.19. The first kappa shape index (κ1) is 8.51. The summed E-state index contributed by atoms with van der Waals surface area (Å²) < 4.78 is 0. The smallest absolute Gasteiger partial charge is 0.0525 e. The number of aromatic nitrogens is 2. The van der Waals surface area contributed by atoms with Gasteiger partial charge in [0.05, 0.1) is 11.9 Å². The van der Waals surface area contributed by atoms with Crippen LogP contribution in [0.1, 0.15) is 18.2 Å². The highest BCUT2D eigenvalue weighted by atomic mass is 15.2. The molecule has 0 saturated heterocycles. The largest absolute Gasteiger partial charge is 0.291 e. The van der Waals surface area contributed by atoms with Gasteiger partial charge < -0.3 is 0 Å². The van der Waals surface area contributed by atoms with E-state index in [-0.39, 0.29) is 0 Å². The van der Waals surface area contributed by atoms with Crippen LogP contribution in [0.15, 0.2) is 18.9 Å². The molecule has 70 valence electrons. The van der Waals surface area contributed by atoms with E-state index in [0.29, 0.717) is 6.04 Å². The van der Waals surface area contributed by atoms with Crippen LogP contribution in [0.4, 0.5) is 0 Å². The Balaban J connectivity index is 2.12. The number of H-pyrrole nitrogens is 1. The minimum absolute atomic E-state index is 0.455. The summed E-state index contributed by atoms with van der Waals surface area (Å²) in [5.41, 5.74) is 2.63. The van der Waals surface area contributed by atoms with Crippen LogP contribution in [0.2, 0.25) is 0 Å². The molecule has 0 fully saturated rings. The van der Waals surface area contributed by atoms with Gasteiger partial charge in [0.2, 0.25) is 0 Å². The maximum Gasteiger partial charge on any atom is 0.0525 e. The third-order valence-electron chi connectivity index (χ3n) is 2.75. The van der Waals surface area contributed by atoms with Gasteiger partial charge in [0.1, 0.15) is 0 Å². The lowest BCUT2D eigenvalue weighted by Gasteiger charge is -2.30. The molecule has 1 unspecified atom stereocenters. The summed E-state index contributed by atoms with van der Waals surface area (Å²) >= 11 is 0. The van der Waals surface area contributed by atoms with Gasteiger partial charge in [-0.05, 0) is 18.9 Å². The van der Waals surface area contributed by atoms with Crippen LogP contribution in [0.25, 0.3) is 0 Å². The van der Waals surface area contributed by atoms with E-state index >= 15 is 0 Å². The van der Waals surface area contributed by atoms with Crippen molar-refractivity contribution in [3.63, 3.8) is 0 Å². The van der Waals surface area contributed by atoms with E-state index in [1.807, 2.05) is 12.3 Å². The topological polar surface area (TPSA) is 31.9 Å². The molecule has 3 nitrogen and oxygen atoms in total. The molecule has 1 aromatic heterocycles. The molecule has 0 amide bonds. The highest BCUT2D eigenvalue weighted by Gasteiger charge is 2.19. The van der Waals surface area contributed by atoms with Crippen molar-refractivity contribution in [2.24, 2.45) is 0 Å². The molecule has 0 aromatic carbocycles. The fourth-order valence-corrected chi connectivity index (χ4v) is 1.73. The molecule has 0 bridgehead atoms. The second-order valence-electron chi connectivity index (χ2n) is 3.57. The second kappa shape index (κ2) is 3.34. The van der Waals surface area contributed by atoms with Crippen molar-refractivity contribution < 1.29 is 0 Å². The van der Waals surface area contributed by atoms with E-state index in [4.69, 9.17) is 0 Å². The minimum atomic E-state index is 0.455. The first-order chi connectivity index (χ1) is 6.31. The number of fused-ring (bicyclic) bond motifs is 1. The number of nitrogens with zero attached hydrogens (tertiary/aromatic N) is 2. The third-order valence-corrected chi connectivity index (χ3v) is 2.75. The predicted octanol–water partition coefficient (Wildman–Crippen LogP) is 1.34. The predicted molar refractivity (Wildman–Crippen MR) is 52.4 cm³/mol. The standard InChI is InChI=1S/C10H15N3/c1-3-8(2)13-5-4-9-6-11-12-10(9)7-13/h3,6,8H,1,4-5,7H2,2H3,(H,11,12). The van der Waals surface area contributed by atoms with E-state index in [1.54, 1.807) is 0 Å². The van der Waals surface area contributed by atoms with Crippen LogP contribution >= 0.6 is 0 Å². The quantitative estimate of drug-likeness (QED) is 0.691. The van der Waals surface area contributed by atoms with E-state index in [1.165, 1.54) is 11.3 Å². The zero-order valence-electron chi connectivity index (χ0n) is 7.95. The summed E-state index contributed by atoms with van der Waals surface area (Å²) in [6, 6.07) is 0.455. The Hall–Kier alpha value is -1.09. The van der Waals surface area contributed by atoms with E-state index in [2.05, 4.69) is 28.6 Å².